The fourth-order valence-corrected chi connectivity index (χ4v) is 2.34. The number of H-pyrrole nitrogens is 1. The van der Waals surface area contributed by atoms with Crippen LogP contribution in [0.15, 0.2) is 48.5 Å². The van der Waals surface area contributed by atoms with Gasteiger partial charge in [0.15, 0.2) is 0 Å². The second kappa shape index (κ2) is 5.28. The molecule has 0 aliphatic heterocycles. The van der Waals surface area contributed by atoms with Crippen LogP contribution in [0.1, 0.15) is 5.69 Å². The van der Waals surface area contributed by atoms with Gasteiger partial charge >= 0.3 is 0 Å². The van der Waals surface area contributed by atoms with Gasteiger partial charge in [-0.05, 0) is 30.3 Å². The van der Waals surface area contributed by atoms with E-state index in [9.17, 15) is 0 Å². The van der Waals surface area contributed by atoms with Crippen molar-refractivity contribution in [2.24, 2.45) is 0 Å². The first-order valence-corrected chi connectivity index (χ1v) is 6.55. The summed E-state index contributed by atoms with van der Waals surface area (Å²) in [7, 11) is 0. The summed E-state index contributed by atoms with van der Waals surface area (Å²) < 4.78 is 5.78. The maximum Gasteiger partial charge on any atom is 0.146 e. The second-order valence-corrected chi connectivity index (χ2v) is 4.76. The van der Waals surface area contributed by atoms with Gasteiger partial charge in [-0.25, -0.2) is 0 Å². The molecule has 0 unspecified atom stereocenters. The molecular weight excluding hydrogens is 272 g/mol. The number of aromatic nitrogens is 1. The van der Waals surface area contributed by atoms with Gasteiger partial charge in [-0.15, -0.1) is 0 Å². The molecule has 0 atom stereocenters. The number of nitriles is 1. The molecule has 1 N–H and O–H groups in total. The number of hydrogen-bond acceptors (Lipinski definition) is 2. The van der Waals surface area contributed by atoms with E-state index in [1.807, 2.05) is 48.5 Å². The maximum absolute atomic E-state index is 8.74. The lowest BCUT2D eigenvalue weighted by molar-refractivity contribution is 0.483. The number of fused-ring (bicyclic) bond motifs is 1. The number of halogens is 1. The van der Waals surface area contributed by atoms with E-state index in [-0.39, 0.29) is 0 Å². The summed E-state index contributed by atoms with van der Waals surface area (Å²) >= 11 is 6.38. The van der Waals surface area contributed by atoms with Crippen molar-refractivity contribution in [1.29, 1.82) is 5.26 Å². The Morgan fingerprint density at radius 2 is 1.95 bits per heavy atom. The van der Waals surface area contributed by atoms with E-state index >= 15 is 0 Å². The molecule has 1 heterocycles. The Hall–Kier alpha value is -2.44. The lowest BCUT2D eigenvalue weighted by Gasteiger charge is -2.07. The molecule has 2 aromatic carbocycles. The number of hydrogen-bond donors (Lipinski definition) is 1. The van der Waals surface area contributed by atoms with E-state index in [1.165, 1.54) is 0 Å². The lowest BCUT2D eigenvalue weighted by atomic mass is 10.2. The van der Waals surface area contributed by atoms with Crippen LogP contribution in [0.25, 0.3) is 10.9 Å². The highest BCUT2D eigenvalue weighted by molar-refractivity contribution is 6.37. The number of aromatic amines is 1. The average molecular weight is 283 g/mol. The first-order valence-electron chi connectivity index (χ1n) is 6.18. The number of ether oxygens (including phenoxy) is 1. The Morgan fingerprint density at radius 1 is 1.15 bits per heavy atom. The van der Waals surface area contributed by atoms with Crippen molar-refractivity contribution in [1.82, 2.24) is 4.98 Å². The van der Waals surface area contributed by atoms with Crippen molar-refractivity contribution in [3.63, 3.8) is 0 Å². The summed E-state index contributed by atoms with van der Waals surface area (Å²) in [6, 6.07) is 17.2. The van der Waals surface area contributed by atoms with Crippen LogP contribution in [-0.4, -0.2) is 4.98 Å². The minimum atomic E-state index is 0.333. The maximum atomic E-state index is 8.74. The zero-order valence-electron chi connectivity index (χ0n) is 10.6. The molecule has 98 valence electrons. The van der Waals surface area contributed by atoms with Crippen LogP contribution in [0.4, 0.5) is 0 Å². The first-order chi connectivity index (χ1) is 9.78. The van der Waals surface area contributed by atoms with Gasteiger partial charge in [0, 0.05) is 16.6 Å². The molecule has 0 aliphatic carbocycles. The van der Waals surface area contributed by atoms with Crippen molar-refractivity contribution >= 4 is 22.5 Å². The van der Waals surface area contributed by atoms with Crippen LogP contribution < -0.4 is 4.74 Å². The highest BCUT2D eigenvalue weighted by atomic mass is 35.5. The minimum absolute atomic E-state index is 0.333. The molecule has 0 spiro atoms. The van der Waals surface area contributed by atoms with Crippen LogP contribution in [0.5, 0.6) is 11.5 Å². The standard InChI is InChI=1S/C16H11ClN2O/c17-16-13-10-11(8-9-18)19-14(13)6-7-15(16)20-12-4-2-1-3-5-12/h1-7,10,19H,8H2. The van der Waals surface area contributed by atoms with Crippen molar-refractivity contribution in [3.8, 4) is 17.6 Å². The Labute approximate surface area is 121 Å². The Kier molecular flexibility index (Phi) is 3.32. The van der Waals surface area contributed by atoms with Crippen molar-refractivity contribution in [2.75, 3.05) is 0 Å². The van der Waals surface area contributed by atoms with Gasteiger partial charge in [0.2, 0.25) is 0 Å². The molecule has 0 fully saturated rings. The zero-order chi connectivity index (χ0) is 13.9. The molecule has 3 aromatic rings. The number of para-hydroxylation sites is 1. The summed E-state index contributed by atoms with van der Waals surface area (Å²) in [5, 5.41) is 10.1. The predicted octanol–water partition coefficient (Wildman–Crippen LogP) is 4.68. The number of rotatable bonds is 3. The monoisotopic (exact) mass is 282 g/mol. The van der Waals surface area contributed by atoms with Crippen molar-refractivity contribution in [2.45, 2.75) is 6.42 Å². The van der Waals surface area contributed by atoms with Crippen molar-refractivity contribution < 1.29 is 4.74 Å². The fraction of sp³-hybridized carbons (Fsp3) is 0.0625. The van der Waals surface area contributed by atoms with Gasteiger partial charge in [0.1, 0.15) is 11.5 Å². The highest BCUT2D eigenvalue weighted by Gasteiger charge is 2.10. The molecule has 4 heteroatoms. The molecule has 0 radical (unpaired) electrons. The molecular formula is C16H11ClN2O. The van der Waals surface area contributed by atoms with E-state index in [4.69, 9.17) is 21.6 Å². The SMILES string of the molecule is N#CCc1cc2c(Cl)c(Oc3ccccc3)ccc2[nH]1. The molecule has 1 aromatic heterocycles. The summed E-state index contributed by atoms with van der Waals surface area (Å²) in [5.41, 5.74) is 1.75. The summed E-state index contributed by atoms with van der Waals surface area (Å²) in [6.07, 6.45) is 0.333. The van der Waals surface area contributed by atoms with Gasteiger partial charge in [0.05, 0.1) is 17.5 Å². The largest absolute Gasteiger partial charge is 0.456 e. The van der Waals surface area contributed by atoms with E-state index in [2.05, 4.69) is 11.1 Å². The zero-order valence-corrected chi connectivity index (χ0v) is 11.3. The van der Waals surface area contributed by atoms with Crippen LogP contribution in [0.3, 0.4) is 0 Å². The van der Waals surface area contributed by atoms with E-state index in [1.54, 1.807) is 0 Å². The van der Waals surface area contributed by atoms with E-state index in [0.717, 1.165) is 22.3 Å². The number of nitrogens with zero attached hydrogens (tertiary/aromatic N) is 1. The van der Waals surface area contributed by atoms with E-state index < -0.39 is 0 Å². The fourth-order valence-electron chi connectivity index (χ4n) is 2.08. The molecule has 3 nitrogen and oxygen atoms in total. The van der Waals surface area contributed by atoms with Crippen molar-refractivity contribution in [3.05, 3.63) is 59.2 Å². The van der Waals surface area contributed by atoms with Gasteiger partial charge in [-0.1, -0.05) is 29.8 Å². The van der Waals surface area contributed by atoms with Gasteiger partial charge in [-0.3, -0.25) is 0 Å². The number of nitrogens with one attached hydrogen (secondary N) is 1. The van der Waals surface area contributed by atoms with Crippen LogP contribution in [0.2, 0.25) is 5.02 Å². The van der Waals surface area contributed by atoms with Gasteiger partial charge < -0.3 is 9.72 Å². The molecule has 0 aliphatic rings. The smallest absolute Gasteiger partial charge is 0.146 e. The number of benzene rings is 2. The van der Waals surface area contributed by atoms with Crippen LogP contribution >= 0.6 is 11.6 Å². The molecule has 0 amide bonds. The Bertz CT molecular complexity index is 787. The van der Waals surface area contributed by atoms with Crippen LogP contribution in [0, 0.1) is 11.3 Å². The predicted molar refractivity (Wildman–Crippen MR) is 79.1 cm³/mol. The normalized spacial score (nSPS) is 10.4. The van der Waals surface area contributed by atoms with Crippen LogP contribution in [-0.2, 0) is 6.42 Å². The van der Waals surface area contributed by atoms with Gasteiger partial charge in [0.25, 0.3) is 0 Å². The molecule has 0 saturated carbocycles. The highest BCUT2D eigenvalue weighted by Crippen LogP contribution is 2.35. The summed E-state index contributed by atoms with van der Waals surface area (Å²) in [5.74, 6) is 1.34. The lowest BCUT2D eigenvalue weighted by Crippen LogP contribution is -1.85. The second-order valence-electron chi connectivity index (χ2n) is 4.38. The summed E-state index contributed by atoms with van der Waals surface area (Å²) in [6.45, 7) is 0. The quantitative estimate of drug-likeness (QED) is 0.758. The van der Waals surface area contributed by atoms with Gasteiger partial charge in [-0.2, -0.15) is 5.26 Å². The topological polar surface area (TPSA) is 48.8 Å². The average Bonchev–Trinajstić information content (AvgIpc) is 2.87. The summed E-state index contributed by atoms with van der Waals surface area (Å²) in [4.78, 5) is 3.17. The first kappa shape index (κ1) is 12.6. The molecule has 0 bridgehead atoms. The van der Waals surface area contributed by atoms with E-state index in [0.29, 0.717) is 17.2 Å². The Balaban J connectivity index is 2.00. The third-order valence-corrected chi connectivity index (χ3v) is 3.39. The third-order valence-electron chi connectivity index (χ3n) is 3.00. The molecule has 3 rings (SSSR count). The Morgan fingerprint density at radius 3 is 2.70 bits per heavy atom. The molecule has 0 saturated heterocycles. The minimum Gasteiger partial charge on any atom is -0.456 e. The third kappa shape index (κ3) is 2.34. The molecule has 20 heavy (non-hydrogen) atoms.